The van der Waals surface area contributed by atoms with Crippen molar-refractivity contribution in [1.82, 2.24) is 15.2 Å². The van der Waals surface area contributed by atoms with Crippen LogP contribution in [-0.4, -0.2) is 41.3 Å². The quantitative estimate of drug-likeness (QED) is 0.757. The van der Waals surface area contributed by atoms with E-state index in [0.29, 0.717) is 25.9 Å². The Morgan fingerprint density at radius 3 is 2.77 bits per heavy atom. The van der Waals surface area contributed by atoms with Gasteiger partial charge in [0.05, 0.1) is 12.0 Å². The lowest BCUT2D eigenvalue weighted by Crippen LogP contribution is -2.46. The molecule has 1 N–H and O–H groups in total. The second-order valence-corrected chi connectivity index (χ2v) is 8.38. The third-order valence-electron chi connectivity index (χ3n) is 6.47. The average molecular weight is 402 g/mol. The predicted octanol–water partition coefficient (Wildman–Crippen LogP) is 3.06. The summed E-state index contributed by atoms with van der Waals surface area (Å²) in [5, 5.41) is 2.89. The van der Waals surface area contributed by atoms with E-state index < -0.39 is 5.41 Å². The van der Waals surface area contributed by atoms with Crippen molar-refractivity contribution in [3.63, 3.8) is 0 Å². The van der Waals surface area contributed by atoms with Gasteiger partial charge >= 0.3 is 0 Å². The minimum atomic E-state index is -0.672. The zero-order valence-corrected chi connectivity index (χ0v) is 17.1. The van der Waals surface area contributed by atoms with Crippen LogP contribution in [0.2, 0.25) is 0 Å². The molecule has 0 bridgehead atoms. The molecule has 1 aliphatic carbocycles. The molecule has 2 heterocycles. The van der Waals surface area contributed by atoms with Crippen LogP contribution in [0.15, 0.2) is 48.8 Å². The lowest BCUT2D eigenvalue weighted by atomic mass is 9.78. The molecule has 4 rings (SSSR count). The number of likely N-dealkylation sites (tertiary alicyclic amines) is 1. The largest absolute Gasteiger partial charge is 0.345 e. The van der Waals surface area contributed by atoms with Crippen molar-refractivity contribution in [2.75, 3.05) is 19.6 Å². The summed E-state index contributed by atoms with van der Waals surface area (Å²) >= 11 is 0. The molecule has 1 aromatic heterocycles. The zero-order valence-electron chi connectivity index (χ0n) is 17.1. The number of benzene rings is 1. The molecule has 0 radical (unpaired) electrons. The highest BCUT2D eigenvalue weighted by atomic mass is 16.2. The van der Waals surface area contributed by atoms with Crippen molar-refractivity contribution in [3.05, 3.63) is 54.4 Å². The molecule has 1 saturated carbocycles. The van der Waals surface area contributed by atoms with Gasteiger partial charge in [-0.05, 0) is 42.9 Å². The maximum Gasteiger partial charge on any atom is 0.229 e. The van der Waals surface area contributed by atoms with Gasteiger partial charge in [-0.1, -0.05) is 42.7 Å². The first kappa shape index (κ1) is 20.2. The van der Waals surface area contributed by atoms with Gasteiger partial charge in [-0.2, -0.15) is 0 Å². The summed E-state index contributed by atoms with van der Waals surface area (Å²) in [5.41, 5.74) is 2.50. The number of pyridine rings is 1. The zero-order chi connectivity index (χ0) is 21.0. The van der Waals surface area contributed by atoms with Crippen LogP contribution in [0.5, 0.6) is 0 Å². The fraction of sp³-hybridized carbons (Fsp3) is 0.400. The van der Waals surface area contributed by atoms with E-state index in [4.69, 9.17) is 6.42 Å². The van der Waals surface area contributed by atoms with E-state index in [1.165, 1.54) is 0 Å². The number of nitrogens with one attached hydrogen (secondary N) is 1. The van der Waals surface area contributed by atoms with Crippen molar-refractivity contribution in [2.45, 2.75) is 32.1 Å². The maximum absolute atomic E-state index is 13.2. The topological polar surface area (TPSA) is 62.3 Å². The fourth-order valence-corrected chi connectivity index (χ4v) is 4.55. The molecule has 0 spiro atoms. The van der Waals surface area contributed by atoms with Gasteiger partial charge in [-0.15, -0.1) is 6.42 Å². The Labute approximate surface area is 177 Å². The Morgan fingerprint density at radius 2 is 2.07 bits per heavy atom. The predicted molar refractivity (Wildman–Crippen MR) is 116 cm³/mol. The van der Waals surface area contributed by atoms with E-state index in [9.17, 15) is 9.59 Å². The van der Waals surface area contributed by atoms with Crippen molar-refractivity contribution < 1.29 is 9.59 Å². The molecule has 2 aromatic rings. The number of amides is 2. The summed E-state index contributed by atoms with van der Waals surface area (Å²) in [4.78, 5) is 32.2. The monoisotopic (exact) mass is 401 g/mol. The van der Waals surface area contributed by atoms with Gasteiger partial charge in [0, 0.05) is 37.0 Å². The van der Waals surface area contributed by atoms with Crippen LogP contribution in [0.1, 0.15) is 31.2 Å². The smallest absolute Gasteiger partial charge is 0.229 e. The first-order valence-corrected chi connectivity index (χ1v) is 10.6. The lowest BCUT2D eigenvalue weighted by molar-refractivity contribution is -0.138. The van der Waals surface area contributed by atoms with Crippen molar-refractivity contribution in [1.29, 1.82) is 0 Å². The number of aromatic nitrogens is 1. The molecule has 1 saturated heterocycles. The van der Waals surface area contributed by atoms with Crippen molar-refractivity contribution in [2.24, 2.45) is 11.3 Å². The Hall–Kier alpha value is -3.13. The van der Waals surface area contributed by atoms with Gasteiger partial charge in [0.1, 0.15) is 0 Å². The minimum absolute atomic E-state index is 0.0645. The van der Waals surface area contributed by atoms with Gasteiger partial charge in [-0.25, -0.2) is 0 Å². The molecule has 1 atom stereocenters. The second-order valence-electron chi connectivity index (χ2n) is 8.38. The summed E-state index contributed by atoms with van der Waals surface area (Å²) in [6.45, 7) is 1.26. The Kier molecular flexibility index (Phi) is 5.85. The highest BCUT2D eigenvalue weighted by Gasteiger charge is 2.47. The summed E-state index contributed by atoms with van der Waals surface area (Å²) < 4.78 is 0. The van der Waals surface area contributed by atoms with Gasteiger partial charge in [0.2, 0.25) is 11.8 Å². The minimum Gasteiger partial charge on any atom is -0.345 e. The number of hydrogen-bond acceptors (Lipinski definition) is 3. The van der Waals surface area contributed by atoms with Gasteiger partial charge in [0.25, 0.3) is 0 Å². The van der Waals surface area contributed by atoms with E-state index in [-0.39, 0.29) is 24.3 Å². The molecule has 5 nitrogen and oxygen atoms in total. The van der Waals surface area contributed by atoms with E-state index in [1.54, 1.807) is 6.20 Å². The third kappa shape index (κ3) is 3.95. The molecule has 2 amide bonds. The highest BCUT2D eigenvalue weighted by Crippen LogP contribution is 2.39. The first-order chi connectivity index (χ1) is 14.6. The lowest BCUT2D eigenvalue weighted by Gasteiger charge is -2.32. The Balaban J connectivity index is 1.63. The molecule has 2 aliphatic rings. The normalized spacial score (nSPS) is 21.0. The molecular formula is C25H27N3O2. The Bertz CT molecular complexity index is 962. The van der Waals surface area contributed by atoms with Crippen LogP contribution in [-0.2, 0) is 16.0 Å². The number of carbonyl (C=O) groups excluding carboxylic acids is 2. The van der Waals surface area contributed by atoms with Gasteiger partial charge < -0.3 is 10.2 Å². The van der Waals surface area contributed by atoms with Crippen LogP contribution >= 0.6 is 0 Å². The number of rotatable bonds is 6. The molecule has 1 aromatic carbocycles. The Morgan fingerprint density at radius 1 is 1.23 bits per heavy atom. The number of terminal acetylenes is 1. The van der Waals surface area contributed by atoms with Crippen LogP contribution in [0.3, 0.4) is 0 Å². The van der Waals surface area contributed by atoms with E-state index in [0.717, 1.165) is 36.0 Å². The van der Waals surface area contributed by atoms with Crippen LogP contribution < -0.4 is 5.32 Å². The standard InChI is InChI=1S/C25H27N3O2/c1-2-13-27-24(30)25(12-15-28(18-25)23(29)19-8-5-9-19)16-20-7-3-4-11-22(20)21-10-6-14-26-17-21/h1,3-4,6-7,10-11,14,17,19H,5,8-9,12-13,15-16,18H2,(H,27,30)/t25-/m1/s1. The van der Waals surface area contributed by atoms with E-state index in [1.807, 2.05) is 35.4 Å². The SMILES string of the molecule is C#CCNC(=O)[C@@]1(Cc2ccccc2-c2cccnc2)CCN(C(=O)C2CCC2)C1. The van der Waals surface area contributed by atoms with Crippen molar-refractivity contribution >= 4 is 11.8 Å². The number of nitrogens with zero attached hydrogens (tertiary/aromatic N) is 2. The molecule has 5 heteroatoms. The summed E-state index contributed by atoms with van der Waals surface area (Å²) in [6.07, 6.45) is 13.2. The van der Waals surface area contributed by atoms with Gasteiger partial charge in [0.15, 0.2) is 0 Å². The highest BCUT2D eigenvalue weighted by molar-refractivity contribution is 5.87. The first-order valence-electron chi connectivity index (χ1n) is 10.6. The number of hydrogen-bond donors (Lipinski definition) is 1. The molecule has 30 heavy (non-hydrogen) atoms. The third-order valence-corrected chi connectivity index (χ3v) is 6.47. The molecule has 1 aliphatic heterocycles. The summed E-state index contributed by atoms with van der Waals surface area (Å²) in [5.74, 6) is 2.76. The van der Waals surface area contributed by atoms with E-state index >= 15 is 0 Å². The second kappa shape index (κ2) is 8.71. The van der Waals surface area contributed by atoms with Crippen LogP contribution in [0, 0.1) is 23.7 Å². The molecular weight excluding hydrogens is 374 g/mol. The molecule has 2 fully saturated rings. The fourth-order valence-electron chi connectivity index (χ4n) is 4.55. The average Bonchev–Trinajstić information content (AvgIpc) is 3.17. The summed E-state index contributed by atoms with van der Waals surface area (Å²) in [7, 11) is 0. The summed E-state index contributed by atoms with van der Waals surface area (Å²) in [6, 6.07) is 12.1. The van der Waals surface area contributed by atoms with Gasteiger partial charge in [-0.3, -0.25) is 14.6 Å². The molecule has 154 valence electrons. The van der Waals surface area contributed by atoms with Crippen molar-refractivity contribution in [3.8, 4) is 23.5 Å². The van der Waals surface area contributed by atoms with Crippen LogP contribution in [0.4, 0.5) is 0 Å². The van der Waals surface area contributed by atoms with Crippen LogP contribution in [0.25, 0.3) is 11.1 Å². The number of carbonyl (C=O) groups is 2. The van der Waals surface area contributed by atoms with E-state index in [2.05, 4.69) is 28.4 Å². The maximum atomic E-state index is 13.2. The molecule has 0 unspecified atom stereocenters.